The zero-order valence-corrected chi connectivity index (χ0v) is 28.7. The first-order valence-corrected chi connectivity index (χ1v) is 15.9. The Kier molecular flexibility index (Phi) is 14.8. The second-order valence-electron chi connectivity index (χ2n) is 13.0. The third-order valence-electron chi connectivity index (χ3n) is 9.64. The fraction of sp³-hybridized carbons (Fsp3) is 0.743. The molecule has 0 bridgehead atoms. The third kappa shape index (κ3) is 9.27. The van der Waals surface area contributed by atoms with Gasteiger partial charge in [-0.2, -0.15) is 0 Å². The molecule has 2 heterocycles. The standard InChI is InChI=1S/C35H58O9/c1-12-28-24(6)27(36)19-35(42-11,44-28)26(8)32(38)25(7)33-29(40-9)15-13-14-20(2)16-22(4)31(37)23(5)17-21(3)18-30(41-10)34(39)43-33/h13-15,17-18,22-29,31-33,36-38H,12,16,19H2,1-11H3/b15-13+,20-14+,21-17-,30-18+/t22-,23+,24-,25+,26-,27+,28+,29-,31-,32+,33+,35+/m0/s1. The zero-order chi connectivity index (χ0) is 33.4. The molecule has 44 heavy (non-hydrogen) atoms. The third-order valence-corrected chi connectivity index (χ3v) is 9.64. The SMILES string of the molecule is CC[C@H]1O[C@@](OC)([C@@H](C)[C@H](O)[C@@H](C)[C@H]2OC(=O)/C(OC)=C\C(C)=C/[C@@H](C)[C@@H](O)[C@@H](C)C/C(C)=C/C=C/[C@@H]2OC)C[C@@H](O)[C@@H]1C. The van der Waals surface area contributed by atoms with Crippen LogP contribution in [0.25, 0.3) is 0 Å². The summed E-state index contributed by atoms with van der Waals surface area (Å²) in [5.74, 6) is -3.43. The van der Waals surface area contributed by atoms with Crippen molar-refractivity contribution in [1.82, 2.24) is 0 Å². The Balaban J connectivity index is 2.54. The molecule has 2 aliphatic rings. The van der Waals surface area contributed by atoms with E-state index in [2.05, 4.69) is 0 Å². The maximum absolute atomic E-state index is 13.5. The number of hydrogen-bond acceptors (Lipinski definition) is 9. The lowest BCUT2D eigenvalue weighted by Crippen LogP contribution is -2.59. The minimum absolute atomic E-state index is 0.00833. The maximum Gasteiger partial charge on any atom is 0.373 e. The van der Waals surface area contributed by atoms with Crippen molar-refractivity contribution in [2.45, 2.75) is 117 Å². The predicted octanol–water partition coefficient (Wildman–Crippen LogP) is 5.10. The highest BCUT2D eigenvalue weighted by Gasteiger charge is 2.52. The number of aliphatic hydroxyl groups excluding tert-OH is 3. The van der Waals surface area contributed by atoms with Crippen LogP contribution in [0, 0.1) is 29.6 Å². The Hall–Kier alpha value is -2.01. The molecule has 252 valence electrons. The van der Waals surface area contributed by atoms with Crippen LogP contribution in [0.15, 0.2) is 47.3 Å². The summed E-state index contributed by atoms with van der Waals surface area (Å²) in [5.41, 5.74) is 1.82. The molecule has 1 saturated heterocycles. The van der Waals surface area contributed by atoms with Gasteiger partial charge in [0.25, 0.3) is 0 Å². The van der Waals surface area contributed by atoms with Crippen LogP contribution in [0.5, 0.6) is 0 Å². The average molecular weight is 623 g/mol. The van der Waals surface area contributed by atoms with Gasteiger partial charge < -0.3 is 39.0 Å². The minimum atomic E-state index is -1.24. The van der Waals surface area contributed by atoms with E-state index < -0.39 is 54.1 Å². The number of carbonyl (C=O) groups is 1. The van der Waals surface area contributed by atoms with E-state index in [1.807, 2.05) is 66.7 Å². The molecule has 0 radical (unpaired) electrons. The van der Waals surface area contributed by atoms with Crippen LogP contribution in [0.2, 0.25) is 0 Å². The van der Waals surface area contributed by atoms with Crippen LogP contribution < -0.4 is 0 Å². The van der Waals surface area contributed by atoms with Crippen molar-refractivity contribution in [2.75, 3.05) is 21.3 Å². The molecule has 2 rings (SSSR count). The van der Waals surface area contributed by atoms with E-state index in [1.165, 1.54) is 21.3 Å². The molecule has 0 amide bonds. The molecule has 0 unspecified atom stereocenters. The fourth-order valence-corrected chi connectivity index (χ4v) is 6.60. The van der Waals surface area contributed by atoms with Crippen LogP contribution in [-0.2, 0) is 28.5 Å². The van der Waals surface area contributed by atoms with Crippen LogP contribution in [0.1, 0.15) is 74.7 Å². The van der Waals surface area contributed by atoms with Crippen molar-refractivity contribution >= 4 is 5.97 Å². The highest BCUT2D eigenvalue weighted by molar-refractivity contribution is 5.87. The summed E-state index contributed by atoms with van der Waals surface area (Å²) in [6, 6.07) is 0. The Morgan fingerprint density at radius 1 is 1.11 bits per heavy atom. The zero-order valence-electron chi connectivity index (χ0n) is 28.7. The molecule has 1 fully saturated rings. The van der Waals surface area contributed by atoms with Gasteiger partial charge in [-0.3, -0.25) is 0 Å². The molecule has 12 atom stereocenters. The summed E-state index contributed by atoms with van der Waals surface area (Å²) in [6.45, 7) is 15.4. The van der Waals surface area contributed by atoms with Gasteiger partial charge in [0.15, 0.2) is 5.79 Å². The van der Waals surface area contributed by atoms with E-state index in [1.54, 1.807) is 19.1 Å². The van der Waals surface area contributed by atoms with Gasteiger partial charge >= 0.3 is 5.97 Å². The number of ether oxygens (including phenoxy) is 5. The summed E-state index contributed by atoms with van der Waals surface area (Å²) in [5, 5.41) is 33.6. The van der Waals surface area contributed by atoms with E-state index in [-0.39, 0.29) is 36.0 Å². The number of hydrogen-bond donors (Lipinski definition) is 3. The second-order valence-corrected chi connectivity index (χ2v) is 13.0. The summed E-state index contributed by atoms with van der Waals surface area (Å²) in [7, 11) is 4.45. The number of carbonyl (C=O) groups excluding carboxylic acids is 1. The Morgan fingerprint density at radius 2 is 1.77 bits per heavy atom. The lowest BCUT2D eigenvalue weighted by molar-refractivity contribution is -0.333. The monoisotopic (exact) mass is 622 g/mol. The Morgan fingerprint density at radius 3 is 2.34 bits per heavy atom. The number of esters is 1. The molecule has 0 spiro atoms. The number of rotatable bonds is 8. The Labute approximate surface area is 264 Å². The Bertz CT molecular complexity index is 1050. The summed E-state index contributed by atoms with van der Waals surface area (Å²) >= 11 is 0. The molecule has 0 aromatic rings. The normalized spacial score (nSPS) is 41.0. The maximum atomic E-state index is 13.5. The molecule has 0 aromatic heterocycles. The van der Waals surface area contributed by atoms with E-state index >= 15 is 0 Å². The van der Waals surface area contributed by atoms with Crippen molar-refractivity contribution < 1.29 is 43.8 Å². The molecule has 9 heteroatoms. The average Bonchev–Trinajstić information content (AvgIpc) is 3.00. The van der Waals surface area contributed by atoms with Gasteiger partial charge in [-0.15, -0.1) is 0 Å². The van der Waals surface area contributed by atoms with Crippen molar-refractivity contribution in [3.63, 3.8) is 0 Å². The fourth-order valence-electron chi connectivity index (χ4n) is 6.60. The first-order valence-electron chi connectivity index (χ1n) is 15.9. The lowest BCUT2D eigenvalue weighted by atomic mass is 9.77. The highest BCUT2D eigenvalue weighted by Crippen LogP contribution is 2.42. The highest BCUT2D eigenvalue weighted by atomic mass is 16.7. The number of aliphatic hydroxyl groups is 3. The molecule has 9 nitrogen and oxygen atoms in total. The van der Waals surface area contributed by atoms with Crippen LogP contribution >= 0.6 is 0 Å². The van der Waals surface area contributed by atoms with Crippen LogP contribution in [0.4, 0.5) is 0 Å². The smallest absolute Gasteiger partial charge is 0.373 e. The molecule has 2 aliphatic heterocycles. The van der Waals surface area contributed by atoms with Gasteiger partial charge in [0.2, 0.25) is 5.76 Å². The van der Waals surface area contributed by atoms with Gasteiger partial charge in [-0.05, 0) is 38.7 Å². The van der Waals surface area contributed by atoms with Gasteiger partial charge in [0.05, 0.1) is 31.5 Å². The number of allylic oxidation sites excluding steroid dienone is 5. The first kappa shape index (κ1) is 38.2. The summed E-state index contributed by atoms with van der Waals surface area (Å²) < 4.78 is 29.7. The van der Waals surface area contributed by atoms with E-state index in [0.29, 0.717) is 12.8 Å². The molecule has 0 saturated carbocycles. The van der Waals surface area contributed by atoms with E-state index in [4.69, 9.17) is 23.7 Å². The van der Waals surface area contributed by atoms with E-state index in [0.717, 1.165) is 11.1 Å². The number of cyclic esters (lactones) is 1. The summed E-state index contributed by atoms with van der Waals surface area (Å²) in [4.78, 5) is 13.5. The lowest BCUT2D eigenvalue weighted by Gasteiger charge is -2.50. The van der Waals surface area contributed by atoms with Crippen molar-refractivity contribution in [3.05, 3.63) is 47.3 Å². The van der Waals surface area contributed by atoms with Gasteiger partial charge in [-0.25, -0.2) is 4.79 Å². The molecular weight excluding hydrogens is 564 g/mol. The molecule has 3 N–H and O–H groups in total. The second kappa shape index (κ2) is 17.1. The predicted molar refractivity (Wildman–Crippen MR) is 170 cm³/mol. The van der Waals surface area contributed by atoms with Gasteiger partial charge in [0.1, 0.15) is 12.2 Å². The van der Waals surface area contributed by atoms with Gasteiger partial charge in [-0.1, -0.05) is 77.0 Å². The number of methoxy groups -OCH3 is 3. The minimum Gasteiger partial charge on any atom is -0.490 e. The largest absolute Gasteiger partial charge is 0.490 e. The van der Waals surface area contributed by atoms with Crippen molar-refractivity contribution in [3.8, 4) is 0 Å². The quantitative estimate of drug-likeness (QED) is 0.317. The van der Waals surface area contributed by atoms with Crippen molar-refractivity contribution in [2.24, 2.45) is 29.6 Å². The van der Waals surface area contributed by atoms with Crippen molar-refractivity contribution in [1.29, 1.82) is 0 Å². The molecular formula is C35H58O9. The van der Waals surface area contributed by atoms with Crippen LogP contribution in [-0.4, -0.2) is 85.0 Å². The first-order chi connectivity index (χ1) is 20.7. The topological polar surface area (TPSA) is 124 Å². The van der Waals surface area contributed by atoms with Gasteiger partial charge in [0, 0.05) is 44.3 Å². The van der Waals surface area contributed by atoms with E-state index in [9.17, 15) is 20.1 Å². The molecule has 0 aromatic carbocycles. The van der Waals surface area contributed by atoms with Crippen LogP contribution in [0.3, 0.4) is 0 Å². The molecule has 0 aliphatic carbocycles. The summed E-state index contributed by atoms with van der Waals surface area (Å²) in [6.07, 6.45) is 6.50.